The van der Waals surface area contributed by atoms with Crippen molar-refractivity contribution < 1.29 is 4.57 Å². The summed E-state index contributed by atoms with van der Waals surface area (Å²) in [5, 5.41) is 4.70. The zero-order chi connectivity index (χ0) is 25.5. The standard InChI is InChI=1S/C34H26N2OP/c37-38-35(23-25-11-3-1-4-12-25)31-21-19-27-15-7-9-17-29(27)33(31)34-30-18-10-8-16-28(30)20-22-32(34)36(38)24-26-13-5-2-6-14-26/h1-22H,23-24H2/q+1. The highest BCUT2D eigenvalue weighted by Crippen LogP contribution is 2.56. The van der Waals surface area contributed by atoms with E-state index in [9.17, 15) is 4.57 Å². The second kappa shape index (κ2) is 9.45. The molecule has 4 heteroatoms. The highest BCUT2D eigenvalue weighted by atomic mass is 31.1. The predicted molar refractivity (Wildman–Crippen MR) is 160 cm³/mol. The van der Waals surface area contributed by atoms with Gasteiger partial charge in [-0.1, -0.05) is 121 Å². The average Bonchev–Trinajstić information content (AvgIpc) is 3.07. The van der Waals surface area contributed by atoms with E-state index >= 15 is 0 Å². The Morgan fingerprint density at radius 2 is 0.842 bits per heavy atom. The summed E-state index contributed by atoms with van der Waals surface area (Å²) in [6, 6.07) is 46.4. The van der Waals surface area contributed by atoms with E-state index in [0.29, 0.717) is 13.1 Å². The molecule has 1 heterocycles. The quantitative estimate of drug-likeness (QED) is 0.221. The normalized spacial score (nSPS) is 12.9. The number of rotatable bonds is 4. The minimum atomic E-state index is -1.96. The molecule has 182 valence electrons. The summed E-state index contributed by atoms with van der Waals surface area (Å²) in [5.41, 5.74) is 6.55. The fourth-order valence-electron chi connectivity index (χ4n) is 5.59. The Morgan fingerprint density at radius 1 is 0.447 bits per heavy atom. The average molecular weight is 510 g/mol. The Balaban J connectivity index is 1.56. The van der Waals surface area contributed by atoms with Gasteiger partial charge in [0, 0.05) is 11.1 Å². The van der Waals surface area contributed by atoms with Crippen molar-refractivity contribution in [1.82, 2.24) is 0 Å². The molecule has 1 aliphatic rings. The Labute approximate surface area is 223 Å². The van der Waals surface area contributed by atoms with Crippen LogP contribution in [-0.4, -0.2) is 0 Å². The van der Waals surface area contributed by atoms with Crippen molar-refractivity contribution in [2.45, 2.75) is 13.1 Å². The largest absolute Gasteiger partial charge is 0.596 e. The van der Waals surface area contributed by atoms with E-state index in [-0.39, 0.29) is 0 Å². The maximum atomic E-state index is 14.8. The van der Waals surface area contributed by atoms with Gasteiger partial charge in [-0.15, -0.1) is 9.34 Å². The number of benzene rings is 6. The molecule has 38 heavy (non-hydrogen) atoms. The van der Waals surface area contributed by atoms with Crippen molar-refractivity contribution in [2.24, 2.45) is 0 Å². The molecule has 3 nitrogen and oxygen atoms in total. The van der Waals surface area contributed by atoms with E-state index < -0.39 is 8.10 Å². The van der Waals surface area contributed by atoms with Gasteiger partial charge in [-0.25, -0.2) is 0 Å². The summed E-state index contributed by atoms with van der Waals surface area (Å²) in [6.45, 7) is 1.11. The van der Waals surface area contributed by atoms with E-state index in [2.05, 4.69) is 106 Å². The third-order valence-corrected chi connectivity index (χ3v) is 8.92. The zero-order valence-corrected chi connectivity index (χ0v) is 21.8. The van der Waals surface area contributed by atoms with E-state index in [0.717, 1.165) is 33.6 Å². The molecule has 0 N–H and O–H groups in total. The summed E-state index contributed by atoms with van der Waals surface area (Å²) in [6.07, 6.45) is 0. The minimum absolute atomic E-state index is 0.554. The smallest absolute Gasteiger partial charge is 0.140 e. The lowest BCUT2D eigenvalue weighted by molar-refractivity contribution is 0.581. The highest BCUT2D eigenvalue weighted by Gasteiger charge is 2.43. The molecule has 0 fully saturated rings. The molecule has 0 aromatic heterocycles. The van der Waals surface area contributed by atoms with Crippen molar-refractivity contribution in [2.75, 3.05) is 9.34 Å². The first-order valence-electron chi connectivity index (χ1n) is 12.9. The molecule has 0 spiro atoms. The van der Waals surface area contributed by atoms with Crippen LogP contribution in [0.2, 0.25) is 0 Å². The topological polar surface area (TPSA) is 23.6 Å². The molecule has 0 bridgehead atoms. The second-order valence-electron chi connectivity index (χ2n) is 9.70. The van der Waals surface area contributed by atoms with Crippen molar-refractivity contribution in [3.63, 3.8) is 0 Å². The molecule has 6 aromatic carbocycles. The third-order valence-electron chi connectivity index (χ3n) is 7.38. The lowest BCUT2D eigenvalue weighted by Gasteiger charge is -2.19. The summed E-state index contributed by atoms with van der Waals surface area (Å²) in [5.74, 6) is 0. The molecular weight excluding hydrogens is 483 g/mol. The first-order chi connectivity index (χ1) is 18.8. The lowest BCUT2D eigenvalue weighted by atomic mass is 9.90. The molecule has 0 aliphatic carbocycles. The van der Waals surface area contributed by atoms with Crippen molar-refractivity contribution in [1.29, 1.82) is 0 Å². The monoisotopic (exact) mass is 509 g/mol. The van der Waals surface area contributed by atoms with E-state index in [1.165, 1.54) is 21.5 Å². The number of hydrogen-bond acceptors (Lipinski definition) is 1. The molecular formula is C34H26N2OP+. The van der Waals surface area contributed by atoms with Crippen LogP contribution in [0.1, 0.15) is 11.1 Å². The van der Waals surface area contributed by atoms with Crippen molar-refractivity contribution in [3.8, 4) is 11.1 Å². The van der Waals surface area contributed by atoms with E-state index in [4.69, 9.17) is 0 Å². The van der Waals surface area contributed by atoms with Crippen LogP contribution < -0.4 is 9.34 Å². The van der Waals surface area contributed by atoms with E-state index in [1.807, 2.05) is 36.4 Å². The Morgan fingerprint density at radius 3 is 1.29 bits per heavy atom. The molecule has 7 rings (SSSR count). The second-order valence-corrected chi connectivity index (χ2v) is 11.2. The van der Waals surface area contributed by atoms with Crippen LogP contribution in [0.15, 0.2) is 133 Å². The van der Waals surface area contributed by atoms with Crippen LogP contribution in [-0.2, 0) is 17.7 Å². The molecule has 0 atom stereocenters. The van der Waals surface area contributed by atoms with Gasteiger partial charge in [0.2, 0.25) is 0 Å². The summed E-state index contributed by atoms with van der Waals surface area (Å²) in [7, 11) is -1.96. The van der Waals surface area contributed by atoms with Crippen molar-refractivity contribution >= 4 is 41.0 Å². The van der Waals surface area contributed by atoms with Gasteiger partial charge < -0.3 is 0 Å². The minimum Gasteiger partial charge on any atom is -0.140 e. The Kier molecular flexibility index (Phi) is 5.65. The number of nitrogens with zero attached hydrogens (tertiary/aromatic N) is 2. The molecule has 6 aromatic rings. The van der Waals surface area contributed by atoms with Gasteiger partial charge >= 0.3 is 8.10 Å². The van der Waals surface area contributed by atoms with Crippen LogP contribution in [0.25, 0.3) is 32.7 Å². The van der Waals surface area contributed by atoms with Crippen LogP contribution in [0.3, 0.4) is 0 Å². The van der Waals surface area contributed by atoms with Gasteiger partial charge in [0.25, 0.3) is 0 Å². The summed E-state index contributed by atoms with van der Waals surface area (Å²) in [4.78, 5) is 0. The van der Waals surface area contributed by atoms with Crippen LogP contribution in [0.4, 0.5) is 11.4 Å². The molecule has 0 saturated heterocycles. The van der Waals surface area contributed by atoms with Gasteiger partial charge in [0.15, 0.2) is 0 Å². The molecule has 0 unspecified atom stereocenters. The third kappa shape index (κ3) is 3.84. The van der Waals surface area contributed by atoms with Crippen LogP contribution >= 0.6 is 8.10 Å². The molecule has 1 aliphatic heterocycles. The van der Waals surface area contributed by atoms with Crippen LogP contribution in [0, 0.1) is 0 Å². The number of hydrogen-bond donors (Lipinski definition) is 0. The Hall–Kier alpha value is -4.46. The SMILES string of the molecule is O=[P+]1N(Cc2ccccc2)c2ccc3ccccc3c2-c2c(ccc3ccccc23)N1Cc1ccccc1. The van der Waals surface area contributed by atoms with E-state index in [1.54, 1.807) is 0 Å². The maximum absolute atomic E-state index is 14.8. The predicted octanol–water partition coefficient (Wildman–Crippen LogP) is 9.34. The number of fused-ring (bicyclic) bond motifs is 7. The first-order valence-corrected chi connectivity index (χ1v) is 14.1. The Bertz CT molecular complexity index is 1670. The van der Waals surface area contributed by atoms with Gasteiger partial charge in [-0.3, -0.25) is 0 Å². The highest BCUT2D eigenvalue weighted by molar-refractivity contribution is 7.48. The lowest BCUT2D eigenvalue weighted by Crippen LogP contribution is -2.23. The van der Waals surface area contributed by atoms with Crippen LogP contribution in [0.5, 0.6) is 0 Å². The molecule has 0 radical (unpaired) electrons. The van der Waals surface area contributed by atoms with Gasteiger partial charge in [0.05, 0.1) is 24.5 Å². The van der Waals surface area contributed by atoms with Gasteiger partial charge in [-0.2, -0.15) is 0 Å². The van der Waals surface area contributed by atoms with Gasteiger partial charge in [-0.05, 0) is 49.4 Å². The molecule has 0 saturated carbocycles. The van der Waals surface area contributed by atoms with Crippen molar-refractivity contribution in [3.05, 3.63) is 145 Å². The maximum Gasteiger partial charge on any atom is 0.596 e. The summed E-state index contributed by atoms with van der Waals surface area (Å²) >= 11 is 0. The summed E-state index contributed by atoms with van der Waals surface area (Å²) < 4.78 is 19.0. The first kappa shape index (κ1) is 22.7. The zero-order valence-electron chi connectivity index (χ0n) is 20.9. The molecule has 0 amide bonds. The fourth-order valence-corrected chi connectivity index (χ4v) is 7.13. The van der Waals surface area contributed by atoms with Gasteiger partial charge in [0.1, 0.15) is 0 Å². The number of anilines is 2. The fraction of sp³-hybridized carbons (Fsp3) is 0.0588.